The van der Waals surface area contributed by atoms with Gasteiger partial charge >= 0.3 is 0 Å². The lowest BCUT2D eigenvalue weighted by molar-refractivity contribution is 0.129. The zero-order chi connectivity index (χ0) is 10.4. The Labute approximate surface area is 78.8 Å². The van der Waals surface area contributed by atoms with Crippen molar-refractivity contribution >= 4 is 5.84 Å². The highest BCUT2D eigenvalue weighted by Gasteiger charge is 2.15. The van der Waals surface area contributed by atoms with Crippen LogP contribution in [0, 0.1) is 0 Å². The van der Waals surface area contributed by atoms with E-state index in [4.69, 9.17) is 16.0 Å². The number of likely N-dealkylation sites (N-methyl/N-ethyl adjacent to an activating group) is 1. The third-order valence-corrected chi connectivity index (χ3v) is 2.29. The maximum Gasteiger partial charge on any atom is 0.140 e. The van der Waals surface area contributed by atoms with Crippen LogP contribution in [0.25, 0.3) is 0 Å². The second-order valence-electron chi connectivity index (χ2n) is 3.34. The number of aliphatic hydroxyl groups excluding tert-OH is 1. The molecule has 13 heavy (non-hydrogen) atoms. The van der Waals surface area contributed by atoms with Crippen LogP contribution in [0.1, 0.15) is 20.3 Å². The lowest BCUT2D eigenvalue weighted by Crippen LogP contribution is -2.40. The van der Waals surface area contributed by atoms with Crippen LogP contribution in [0.15, 0.2) is 5.16 Å². The van der Waals surface area contributed by atoms with Crippen LogP contribution in [-0.2, 0) is 0 Å². The highest BCUT2D eigenvalue weighted by Crippen LogP contribution is 2.05. The van der Waals surface area contributed by atoms with Crippen LogP contribution in [0.4, 0.5) is 0 Å². The summed E-state index contributed by atoms with van der Waals surface area (Å²) in [6.07, 6.45) is 0.497. The highest BCUT2D eigenvalue weighted by atomic mass is 16.4. The van der Waals surface area contributed by atoms with Gasteiger partial charge in [-0.25, -0.2) is 0 Å². The average molecular weight is 189 g/mol. The van der Waals surface area contributed by atoms with Gasteiger partial charge in [0.15, 0.2) is 0 Å². The van der Waals surface area contributed by atoms with Crippen molar-refractivity contribution in [3.05, 3.63) is 0 Å². The summed E-state index contributed by atoms with van der Waals surface area (Å²) in [6, 6.07) is 0.236. The zero-order valence-electron chi connectivity index (χ0n) is 8.44. The number of amidine groups is 1. The Kier molecular flexibility index (Phi) is 5.41. The van der Waals surface area contributed by atoms with Gasteiger partial charge in [-0.3, -0.25) is 4.90 Å². The molecule has 0 aromatic rings. The molecule has 2 unspecified atom stereocenters. The van der Waals surface area contributed by atoms with Crippen molar-refractivity contribution in [2.24, 2.45) is 10.9 Å². The van der Waals surface area contributed by atoms with Crippen LogP contribution >= 0.6 is 0 Å². The largest absolute Gasteiger partial charge is 0.409 e. The summed E-state index contributed by atoms with van der Waals surface area (Å²) in [5.41, 5.74) is 5.36. The number of hydrogen-bond acceptors (Lipinski definition) is 4. The molecule has 0 amide bonds. The first kappa shape index (κ1) is 12.2. The van der Waals surface area contributed by atoms with Gasteiger partial charge in [0.1, 0.15) is 5.84 Å². The van der Waals surface area contributed by atoms with Crippen molar-refractivity contribution in [2.75, 3.05) is 13.7 Å². The Bertz CT molecular complexity index is 173. The molecule has 0 bridgehead atoms. The van der Waals surface area contributed by atoms with E-state index < -0.39 is 0 Å². The monoisotopic (exact) mass is 189 g/mol. The van der Waals surface area contributed by atoms with Gasteiger partial charge in [0.2, 0.25) is 0 Å². The lowest BCUT2D eigenvalue weighted by atomic mass is 10.1. The Morgan fingerprint density at radius 1 is 1.46 bits per heavy atom. The highest BCUT2D eigenvalue weighted by molar-refractivity contribution is 5.80. The molecule has 0 spiro atoms. The molecule has 0 radical (unpaired) electrons. The van der Waals surface area contributed by atoms with Crippen LogP contribution in [-0.4, -0.2) is 46.8 Å². The smallest absolute Gasteiger partial charge is 0.140 e. The standard InChI is InChI=1S/C8H19N3O2/c1-6(4-8(9)10-13)11(3)7(2)5-12/h6-7,12-13H,4-5H2,1-3H3,(H2,9,10). The summed E-state index contributed by atoms with van der Waals surface area (Å²) in [5, 5.41) is 20.2. The molecule has 0 saturated heterocycles. The maximum atomic E-state index is 8.89. The van der Waals surface area contributed by atoms with Gasteiger partial charge in [0.05, 0.1) is 6.61 Å². The first-order valence-corrected chi connectivity index (χ1v) is 4.32. The molecular weight excluding hydrogens is 170 g/mol. The molecule has 0 saturated carbocycles. The molecule has 5 nitrogen and oxygen atoms in total. The van der Waals surface area contributed by atoms with Gasteiger partial charge in [-0.05, 0) is 20.9 Å². The first-order chi connectivity index (χ1) is 6.02. The molecule has 78 valence electrons. The van der Waals surface area contributed by atoms with Gasteiger partial charge in [-0.15, -0.1) is 0 Å². The number of nitrogens with two attached hydrogens (primary N) is 1. The van der Waals surface area contributed by atoms with Gasteiger partial charge in [-0.2, -0.15) is 0 Å². The van der Waals surface area contributed by atoms with Crippen molar-refractivity contribution in [1.82, 2.24) is 4.90 Å². The molecule has 0 rings (SSSR count). The Hall–Kier alpha value is -0.810. The fraction of sp³-hybridized carbons (Fsp3) is 0.875. The summed E-state index contributed by atoms with van der Waals surface area (Å²) >= 11 is 0. The summed E-state index contributed by atoms with van der Waals surface area (Å²) in [6.45, 7) is 3.99. The minimum absolute atomic E-state index is 0.0847. The molecule has 0 fully saturated rings. The second-order valence-corrected chi connectivity index (χ2v) is 3.34. The van der Waals surface area contributed by atoms with E-state index in [0.29, 0.717) is 6.42 Å². The van der Waals surface area contributed by atoms with Crippen molar-refractivity contribution in [3.8, 4) is 0 Å². The Morgan fingerprint density at radius 2 is 2.00 bits per heavy atom. The third kappa shape index (κ3) is 4.10. The predicted octanol–water partition coefficient (Wildman–Crippen LogP) is -0.176. The molecule has 0 aromatic carbocycles. The van der Waals surface area contributed by atoms with Crippen molar-refractivity contribution in [3.63, 3.8) is 0 Å². The summed E-state index contributed by atoms with van der Waals surface area (Å²) in [5.74, 6) is 0.212. The molecule has 0 heterocycles. The van der Waals surface area contributed by atoms with Crippen molar-refractivity contribution < 1.29 is 10.3 Å². The minimum Gasteiger partial charge on any atom is -0.409 e. The maximum absolute atomic E-state index is 8.89. The second kappa shape index (κ2) is 5.77. The number of nitrogens with zero attached hydrogens (tertiary/aromatic N) is 2. The minimum atomic E-state index is 0.0847. The number of oxime groups is 1. The van der Waals surface area contributed by atoms with Crippen molar-refractivity contribution in [1.29, 1.82) is 0 Å². The van der Waals surface area contributed by atoms with Crippen LogP contribution < -0.4 is 5.73 Å². The van der Waals surface area contributed by atoms with Gasteiger partial charge < -0.3 is 16.0 Å². The van der Waals surface area contributed by atoms with E-state index in [2.05, 4.69) is 5.16 Å². The van der Waals surface area contributed by atoms with E-state index in [-0.39, 0.29) is 24.5 Å². The van der Waals surface area contributed by atoms with E-state index in [1.165, 1.54) is 0 Å². The van der Waals surface area contributed by atoms with Crippen LogP contribution in [0.3, 0.4) is 0 Å². The normalized spacial score (nSPS) is 17.5. The molecule has 0 aliphatic carbocycles. The topological polar surface area (TPSA) is 82.1 Å². The van der Waals surface area contributed by atoms with Crippen LogP contribution in [0.5, 0.6) is 0 Å². The number of rotatable bonds is 5. The fourth-order valence-electron chi connectivity index (χ4n) is 1.05. The van der Waals surface area contributed by atoms with Crippen molar-refractivity contribution in [2.45, 2.75) is 32.4 Å². The molecule has 0 aromatic heterocycles. The fourth-order valence-corrected chi connectivity index (χ4v) is 1.05. The zero-order valence-corrected chi connectivity index (χ0v) is 8.44. The summed E-state index contributed by atoms with van der Waals surface area (Å²) < 4.78 is 0. The van der Waals surface area contributed by atoms with Gasteiger partial charge in [0, 0.05) is 18.5 Å². The van der Waals surface area contributed by atoms with Gasteiger partial charge in [0.25, 0.3) is 0 Å². The molecule has 0 aliphatic rings. The SMILES string of the molecule is CC(CO)N(C)C(C)CC(N)=NO. The van der Waals surface area contributed by atoms with E-state index >= 15 is 0 Å². The number of aliphatic hydroxyl groups is 1. The summed E-state index contributed by atoms with van der Waals surface area (Å²) in [7, 11) is 1.90. The summed E-state index contributed by atoms with van der Waals surface area (Å²) in [4.78, 5) is 1.98. The van der Waals surface area contributed by atoms with Gasteiger partial charge in [-0.1, -0.05) is 5.16 Å². The molecule has 2 atom stereocenters. The first-order valence-electron chi connectivity index (χ1n) is 4.32. The number of hydrogen-bond donors (Lipinski definition) is 3. The Balaban J connectivity index is 4.02. The van der Waals surface area contributed by atoms with E-state index in [1.807, 2.05) is 25.8 Å². The Morgan fingerprint density at radius 3 is 2.38 bits per heavy atom. The molecule has 4 N–H and O–H groups in total. The molecule has 5 heteroatoms. The van der Waals surface area contributed by atoms with E-state index in [1.54, 1.807) is 0 Å². The van der Waals surface area contributed by atoms with E-state index in [0.717, 1.165) is 0 Å². The van der Waals surface area contributed by atoms with E-state index in [9.17, 15) is 0 Å². The molecule has 0 aliphatic heterocycles. The van der Waals surface area contributed by atoms with Crippen LogP contribution in [0.2, 0.25) is 0 Å². The average Bonchev–Trinajstić information content (AvgIpc) is 2.14. The lowest BCUT2D eigenvalue weighted by Gasteiger charge is -2.29. The predicted molar refractivity (Wildman–Crippen MR) is 51.8 cm³/mol. The molecular formula is C8H19N3O2. The third-order valence-electron chi connectivity index (χ3n) is 2.29. The quantitative estimate of drug-likeness (QED) is 0.242.